The monoisotopic (exact) mass is 317 g/mol. The average molecular weight is 318 g/mol. The summed E-state index contributed by atoms with van der Waals surface area (Å²) in [4.78, 5) is 12.8. The largest absolute Gasteiger partial charge is 0.496 e. The molecule has 1 aromatic rings. The van der Waals surface area contributed by atoms with Crippen LogP contribution in [0, 0.1) is 0 Å². The molecule has 0 saturated heterocycles. The molecule has 1 heterocycles. The normalized spacial score (nSPS) is 18.0. The molecule has 5 heteroatoms. The van der Waals surface area contributed by atoms with E-state index in [9.17, 15) is 4.79 Å². The van der Waals surface area contributed by atoms with Gasteiger partial charge in [0, 0.05) is 16.8 Å². The second-order valence-corrected chi connectivity index (χ2v) is 5.90. The van der Waals surface area contributed by atoms with Gasteiger partial charge >= 0.3 is 0 Å². The third kappa shape index (κ3) is 2.83. The number of alkyl halides is 1. The zero-order valence-corrected chi connectivity index (χ0v) is 12.2. The lowest BCUT2D eigenvalue weighted by Gasteiger charge is -2.27. The van der Waals surface area contributed by atoms with Crippen molar-refractivity contribution in [2.45, 2.75) is 31.2 Å². The van der Waals surface area contributed by atoms with Gasteiger partial charge in [0.25, 0.3) is 5.91 Å². The third-order valence-electron chi connectivity index (χ3n) is 3.23. The van der Waals surface area contributed by atoms with Crippen LogP contribution in [0.4, 0.5) is 0 Å². The van der Waals surface area contributed by atoms with E-state index in [4.69, 9.17) is 4.74 Å². The number of hydrogen-bond donors (Lipinski definition) is 1. The molecule has 1 fully saturated rings. The standard InChI is InChI=1S/C12H16BrNO2S/c1-16-9-6-10(17-7-9)11(15)14-12(8-13)4-2-3-5-12/h6-7H,2-5,8H2,1H3,(H,14,15). The van der Waals surface area contributed by atoms with E-state index in [-0.39, 0.29) is 11.4 Å². The molecular weight excluding hydrogens is 302 g/mol. The first kappa shape index (κ1) is 12.9. The fourth-order valence-corrected chi connectivity index (χ4v) is 3.64. The van der Waals surface area contributed by atoms with Gasteiger partial charge in [-0.3, -0.25) is 4.79 Å². The molecule has 3 nitrogen and oxygen atoms in total. The molecule has 0 aliphatic heterocycles. The molecule has 1 aromatic heterocycles. The summed E-state index contributed by atoms with van der Waals surface area (Å²) in [6.07, 6.45) is 4.51. The van der Waals surface area contributed by atoms with Crippen LogP contribution in [-0.4, -0.2) is 23.9 Å². The summed E-state index contributed by atoms with van der Waals surface area (Å²) in [6, 6.07) is 1.79. The van der Waals surface area contributed by atoms with Crippen molar-refractivity contribution in [3.8, 4) is 5.75 Å². The Kier molecular flexibility index (Phi) is 4.09. The fourth-order valence-electron chi connectivity index (χ4n) is 2.19. The van der Waals surface area contributed by atoms with Crippen molar-refractivity contribution in [1.82, 2.24) is 5.32 Å². The van der Waals surface area contributed by atoms with Crippen molar-refractivity contribution in [3.63, 3.8) is 0 Å². The topological polar surface area (TPSA) is 38.3 Å². The molecule has 17 heavy (non-hydrogen) atoms. The maximum Gasteiger partial charge on any atom is 0.261 e. The first-order chi connectivity index (χ1) is 8.19. The van der Waals surface area contributed by atoms with Gasteiger partial charge in [0.2, 0.25) is 0 Å². The van der Waals surface area contributed by atoms with Crippen molar-refractivity contribution in [2.75, 3.05) is 12.4 Å². The number of carbonyl (C=O) groups excluding carboxylic acids is 1. The summed E-state index contributed by atoms with van der Waals surface area (Å²) >= 11 is 4.94. The fraction of sp³-hybridized carbons (Fsp3) is 0.583. The Balaban J connectivity index is 2.05. The van der Waals surface area contributed by atoms with Crippen LogP contribution in [0.1, 0.15) is 35.4 Å². The number of ether oxygens (including phenoxy) is 1. The van der Waals surface area contributed by atoms with Crippen LogP contribution in [0.5, 0.6) is 5.75 Å². The van der Waals surface area contributed by atoms with E-state index < -0.39 is 0 Å². The summed E-state index contributed by atoms with van der Waals surface area (Å²) in [6.45, 7) is 0. The molecule has 0 spiro atoms. The van der Waals surface area contributed by atoms with E-state index in [1.165, 1.54) is 24.2 Å². The number of carbonyl (C=O) groups is 1. The van der Waals surface area contributed by atoms with Gasteiger partial charge in [0.15, 0.2) is 0 Å². The minimum absolute atomic E-state index is 0.0136. The van der Waals surface area contributed by atoms with Crippen LogP contribution in [0.3, 0.4) is 0 Å². The summed E-state index contributed by atoms with van der Waals surface area (Å²) in [5, 5.41) is 5.84. The Bertz CT molecular complexity index is 399. The maximum absolute atomic E-state index is 12.1. The van der Waals surface area contributed by atoms with Crippen LogP contribution < -0.4 is 10.1 Å². The van der Waals surface area contributed by atoms with Crippen LogP contribution in [0.2, 0.25) is 0 Å². The second kappa shape index (κ2) is 5.40. The lowest BCUT2D eigenvalue weighted by molar-refractivity contribution is 0.0914. The highest BCUT2D eigenvalue weighted by Gasteiger charge is 2.34. The van der Waals surface area contributed by atoms with Crippen molar-refractivity contribution in [3.05, 3.63) is 16.3 Å². The second-order valence-electron chi connectivity index (χ2n) is 4.43. The summed E-state index contributed by atoms with van der Waals surface area (Å²) < 4.78 is 5.09. The third-order valence-corrected chi connectivity index (χ3v) is 5.21. The van der Waals surface area contributed by atoms with Gasteiger partial charge in [-0.05, 0) is 12.8 Å². The molecule has 94 valence electrons. The van der Waals surface area contributed by atoms with Crippen LogP contribution in [0.25, 0.3) is 0 Å². The summed E-state index contributed by atoms with van der Waals surface area (Å²) in [5.74, 6) is 0.763. The average Bonchev–Trinajstić information content (AvgIpc) is 2.97. The SMILES string of the molecule is COc1csc(C(=O)NC2(CBr)CCCC2)c1. The summed E-state index contributed by atoms with van der Waals surface area (Å²) in [5.41, 5.74) is -0.0473. The van der Waals surface area contributed by atoms with Crippen molar-refractivity contribution in [1.29, 1.82) is 0 Å². The highest BCUT2D eigenvalue weighted by Crippen LogP contribution is 2.32. The molecule has 2 rings (SSSR count). The Labute approximate surface area is 114 Å². The molecule has 1 amide bonds. The molecule has 1 aliphatic rings. The number of rotatable bonds is 4. The Hall–Kier alpha value is -0.550. The maximum atomic E-state index is 12.1. The number of halogens is 1. The van der Waals surface area contributed by atoms with Gasteiger partial charge in [-0.15, -0.1) is 11.3 Å². The van der Waals surface area contributed by atoms with Gasteiger partial charge < -0.3 is 10.1 Å². The van der Waals surface area contributed by atoms with E-state index in [0.717, 1.165) is 23.9 Å². The first-order valence-electron chi connectivity index (χ1n) is 5.70. The highest BCUT2D eigenvalue weighted by atomic mass is 79.9. The van der Waals surface area contributed by atoms with Gasteiger partial charge in [0.1, 0.15) is 5.75 Å². The van der Waals surface area contributed by atoms with Gasteiger partial charge in [0.05, 0.1) is 17.5 Å². The predicted octanol–water partition coefficient (Wildman–Crippen LogP) is 3.19. The number of thiophene rings is 1. The molecule has 1 saturated carbocycles. The van der Waals surface area contributed by atoms with Crippen molar-refractivity contribution >= 4 is 33.2 Å². The van der Waals surface area contributed by atoms with E-state index in [2.05, 4.69) is 21.2 Å². The molecule has 0 atom stereocenters. The van der Waals surface area contributed by atoms with Gasteiger partial charge in [-0.1, -0.05) is 28.8 Å². The molecule has 0 bridgehead atoms. The van der Waals surface area contributed by atoms with Crippen molar-refractivity contribution < 1.29 is 9.53 Å². The Morgan fingerprint density at radius 1 is 1.59 bits per heavy atom. The van der Waals surface area contributed by atoms with Crippen molar-refractivity contribution in [2.24, 2.45) is 0 Å². The van der Waals surface area contributed by atoms with E-state index >= 15 is 0 Å². The lowest BCUT2D eigenvalue weighted by Crippen LogP contribution is -2.47. The lowest BCUT2D eigenvalue weighted by atomic mass is 10.0. The van der Waals surface area contributed by atoms with E-state index in [0.29, 0.717) is 4.88 Å². The molecule has 0 aromatic carbocycles. The zero-order chi connectivity index (χ0) is 12.3. The molecule has 0 radical (unpaired) electrons. The smallest absolute Gasteiger partial charge is 0.261 e. The highest BCUT2D eigenvalue weighted by molar-refractivity contribution is 9.09. The quantitative estimate of drug-likeness (QED) is 0.866. The number of methoxy groups -OCH3 is 1. The van der Waals surface area contributed by atoms with Gasteiger partial charge in [-0.2, -0.15) is 0 Å². The predicted molar refractivity (Wildman–Crippen MR) is 73.3 cm³/mol. The first-order valence-corrected chi connectivity index (χ1v) is 7.70. The molecule has 1 aliphatic carbocycles. The van der Waals surface area contributed by atoms with E-state index in [1.807, 2.05) is 5.38 Å². The minimum atomic E-state index is -0.0473. The van der Waals surface area contributed by atoms with Crippen LogP contribution in [-0.2, 0) is 0 Å². The van der Waals surface area contributed by atoms with E-state index in [1.54, 1.807) is 13.2 Å². The number of nitrogens with one attached hydrogen (secondary N) is 1. The Morgan fingerprint density at radius 3 is 2.82 bits per heavy atom. The molecule has 1 N–H and O–H groups in total. The van der Waals surface area contributed by atoms with Crippen LogP contribution >= 0.6 is 27.3 Å². The Morgan fingerprint density at radius 2 is 2.29 bits per heavy atom. The zero-order valence-electron chi connectivity index (χ0n) is 9.79. The molecular formula is C12H16BrNO2S. The van der Waals surface area contributed by atoms with Crippen LogP contribution in [0.15, 0.2) is 11.4 Å². The number of amides is 1. The molecule has 0 unspecified atom stereocenters. The van der Waals surface area contributed by atoms with Gasteiger partial charge in [-0.25, -0.2) is 0 Å². The summed E-state index contributed by atoms with van der Waals surface area (Å²) in [7, 11) is 1.61. The minimum Gasteiger partial charge on any atom is -0.496 e. The number of hydrogen-bond acceptors (Lipinski definition) is 3.